The number of sulfonamides is 1. The molecule has 0 unspecified atom stereocenters. The summed E-state index contributed by atoms with van der Waals surface area (Å²) in [6, 6.07) is 21.0. The smallest absolute Gasteiger partial charge is 0.263 e. The van der Waals surface area contributed by atoms with Crippen LogP contribution >= 0.6 is 0 Å². The topological polar surface area (TPSA) is 110 Å². The Kier molecular flexibility index (Phi) is 6.00. The highest BCUT2D eigenvalue weighted by atomic mass is 32.2. The number of nitrogens with zero attached hydrogens (tertiary/aromatic N) is 2. The second-order valence-corrected chi connectivity index (χ2v) is 8.62. The van der Waals surface area contributed by atoms with Crippen LogP contribution in [0.4, 0.5) is 11.5 Å². The van der Waals surface area contributed by atoms with Gasteiger partial charge in [0.05, 0.1) is 18.4 Å². The van der Waals surface area contributed by atoms with Gasteiger partial charge in [0.25, 0.3) is 10.0 Å². The lowest BCUT2D eigenvalue weighted by molar-refractivity contribution is -0.115. The zero-order valence-corrected chi connectivity index (χ0v) is 18.0. The van der Waals surface area contributed by atoms with Crippen molar-refractivity contribution in [1.29, 1.82) is 0 Å². The van der Waals surface area contributed by atoms with E-state index in [1.54, 1.807) is 0 Å². The molecule has 0 aliphatic heterocycles. The first-order chi connectivity index (χ1) is 15.4. The van der Waals surface area contributed by atoms with Crippen molar-refractivity contribution in [2.24, 2.45) is 0 Å². The summed E-state index contributed by atoms with van der Waals surface area (Å²) in [5.41, 5.74) is 1.42. The van der Waals surface area contributed by atoms with Gasteiger partial charge in [-0.15, -0.1) is 0 Å². The first kappa shape index (κ1) is 21.3. The molecule has 1 heterocycles. The predicted molar refractivity (Wildman–Crippen MR) is 122 cm³/mol. The van der Waals surface area contributed by atoms with E-state index in [4.69, 9.17) is 4.74 Å². The maximum atomic E-state index is 12.6. The summed E-state index contributed by atoms with van der Waals surface area (Å²) in [5.74, 6) is 0.134. The molecule has 0 fully saturated rings. The Balaban J connectivity index is 1.44. The number of anilines is 2. The number of aromatic nitrogens is 2. The number of methoxy groups -OCH3 is 1. The van der Waals surface area contributed by atoms with Crippen molar-refractivity contribution < 1.29 is 17.9 Å². The van der Waals surface area contributed by atoms with Gasteiger partial charge in [-0.2, -0.15) is 0 Å². The summed E-state index contributed by atoms with van der Waals surface area (Å²) in [6.45, 7) is 0. The number of hydrogen-bond donors (Lipinski definition) is 2. The number of amides is 1. The average molecular weight is 449 g/mol. The molecule has 0 bridgehead atoms. The van der Waals surface area contributed by atoms with Crippen LogP contribution in [0, 0.1) is 0 Å². The molecule has 0 saturated carbocycles. The lowest BCUT2D eigenvalue weighted by Gasteiger charge is -2.10. The van der Waals surface area contributed by atoms with Crippen molar-refractivity contribution in [2.45, 2.75) is 11.3 Å². The number of carbonyl (C=O) groups is 1. The van der Waals surface area contributed by atoms with E-state index in [2.05, 4.69) is 20.0 Å². The third kappa shape index (κ3) is 4.84. The summed E-state index contributed by atoms with van der Waals surface area (Å²) >= 11 is 0. The Morgan fingerprint density at radius 3 is 2.50 bits per heavy atom. The molecule has 32 heavy (non-hydrogen) atoms. The summed E-state index contributed by atoms with van der Waals surface area (Å²) in [5, 5.41) is 4.90. The van der Waals surface area contributed by atoms with Crippen molar-refractivity contribution >= 4 is 38.2 Å². The summed E-state index contributed by atoms with van der Waals surface area (Å²) in [6.07, 6.45) is 1.41. The lowest BCUT2D eigenvalue weighted by atomic mass is 10.0. The van der Waals surface area contributed by atoms with Gasteiger partial charge in [0, 0.05) is 11.8 Å². The van der Waals surface area contributed by atoms with Crippen LogP contribution in [-0.4, -0.2) is 31.4 Å². The van der Waals surface area contributed by atoms with Crippen molar-refractivity contribution in [2.75, 3.05) is 17.1 Å². The highest BCUT2D eigenvalue weighted by Gasteiger charge is 2.16. The van der Waals surface area contributed by atoms with Crippen molar-refractivity contribution in [1.82, 2.24) is 9.97 Å². The molecule has 0 spiro atoms. The fourth-order valence-electron chi connectivity index (χ4n) is 3.25. The summed E-state index contributed by atoms with van der Waals surface area (Å²) < 4.78 is 32.5. The van der Waals surface area contributed by atoms with Gasteiger partial charge in [0.2, 0.25) is 11.8 Å². The maximum absolute atomic E-state index is 12.6. The minimum Gasteiger partial charge on any atom is -0.481 e. The van der Waals surface area contributed by atoms with Crippen LogP contribution in [0.2, 0.25) is 0 Å². The average Bonchev–Trinajstić information content (AvgIpc) is 2.79. The molecular formula is C23H20N4O4S. The standard InChI is InChI=1S/C23H20N4O4S/c1-31-23-14-21(24-15-25-23)27-32(29,30)19-11-9-18(10-12-19)26-22(28)13-17-7-4-6-16-5-2-3-8-20(16)17/h2-12,14-15H,13H2,1H3,(H,26,28)(H,24,25,27). The molecule has 4 aromatic rings. The Labute approximate surface area is 185 Å². The van der Waals surface area contributed by atoms with E-state index in [0.717, 1.165) is 16.3 Å². The van der Waals surface area contributed by atoms with Crippen molar-refractivity contribution in [3.05, 3.63) is 84.7 Å². The van der Waals surface area contributed by atoms with Crippen LogP contribution in [0.5, 0.6) is 5.88 Å². The van der Waals surface area contributed by atoms with Gasteiger partial charge in [0.15, 0.2) is 0 Å². The molecule has 4 rings (SSSR count). The quantitative estimate of drug-likeness (QED) is 0.447. The second-order valence-electron chi connectivity index (χ2n) is 6.94. The van der Waals surface area contributed by atoms with Gasteiger partial charge < -0.3 is 10.1 Å². The summed E-state index contributed by atoms with van der Waals surface area (Å²) in [4.78, 5) is 20.3. The highest BCUT2D eigenvalue weighted by Crippen LogP contribution is 2.21. The van der Waals surface area contributed by atoms with E-state index in [1.807, 2.05) is 42.5 Å². The van der Waals surface area contributed by atoms with Gasteiger partial charge in [0.1, 0.15) is 12.1 Å². The van der Waals surface area contributed by atoms with Gasteiger partial charge in [-0.1, -0.05) is 42.5 Å². The molecule has 0 saturated heterocycles. The molecule has 9 heteroatoms. The van der Waals surface area contributed by atoms with E-state index in [9.17, 15) is 13.2 Å². The second kappa shape index (κ2) is 9.03. The number of fused-ring (bicyclic) bond motifs is 1. The van der Waals surface area contributed by atoms with Crippen molar-refractivity contribution in [3.63, 3.8) is 0 Å². The molecular weight excluding hydrogens is 428 g/mol. The van der Waals surface area contributed by atoms with Gasteiger partial charge in [-0.05, 0) is 40.6 Å². The van der Waals surface area contributed by atoms with Gasteiger partial charge in [-0.25, -0.2) is 18.4 Å². The number of rotatable bonds is 7. The Morgan fingerprint density at radius 2 is 1.72 bits per heavy atom. The molecule has 3 aromatic carbocycles. The minimum absolute atomic E-state index is 0.0298. The molecule has 2 N–H and O–H groups in total. The number of carbonyl (C=O) groups excluding carboxylic acids is 1. The predicted octanol–water partition coefficient (Wildman–Crippen LogP) is 3.62. The molecule has 1 aromatic heterocycles. The van der Waals surface area contributed by atoms with Crippen molar-refractivity contribution in [3.8, 4) is 5.88 Å². The van der Waals surface area contributed by atoms with E-state index in [0.29, 0.717) is 5.69 Å². The fourth-order valence-corrected chi connectivity index (χ4v) is 4.24. The van der Waals surface area contributed by atoms with E-state index in [-0.39, 0.29) is 28.9 Å². The molecule has 1 amide bonds. The van der Waals surface area contributed by atoms with Crippen LogP contribution in [0.3, 0.4) is 0 Å². The van der Waals surface area contributed by atoms with Crippen LogP contribution in [0.15, 0.2) is 84.0 Å². The monoisotopic (exact) mass is 448 g/mol. The number of hydrogen-bond acceptors (Lipinski definition) is 6. The fraction of sp³-hybridized carbons (Fsp3) is 0.0870. The normalized spacial score (nSPS) is 11.2. The van der Waals surface area contributed by atoms with E-state index in [1.165, 1.54) is 43.8 Å². The van der Waals surface area contributed by atoms with Gasteiger partial charge in [-0.3, -0.25) is 9.52 Å². The van der Waals surface area contributed by atoms with E-state index < -0.39 is 10.0 Å². The zero-order valence-electron chi connectivity index (χ0n) is 17.1. The van der Waals surface area contributed by atoms with Gasteiger partial charge >= 0.3 is 0 Å². The van der Waals surface area contributed by atoms with Crippen LogP contribution < -0.4 is 14.8 Å². The first-order valence-corrected chi connectivity index (χ1v) is 11.2. The van der Waals surface area contributed by atoms with Crippen LogP contribution in [-0.2, 0) is 21.2 Å². The van der Waals surface area contributed by atoms with Crippen LogP contribution in [0.25, 0.3) is 10.8 Å². The highest BCUT2D eigenvalue weighted by molar-refractivity contribution is 7.92. The molecule has 8 nitrogen and oxygen atoms in total. The third-order valence-electron chi connectivity index (χ3n) is 4.77. The lowest BCUT2D eigenvalue weighted by Crippen LogP contribution is -2.16. The molecule has 162 valence electrons. The Hall–Kier alpha value is -3.98. The minimum atomic E-state index is -3.86. The number of ether oxygens (including phenoxy) is 1. The maximum Gasteiger partial charge on any atom is 0.263 e. The largest absolute Gasteiger partial charge is 0.481 e. The zero-order chi connectivity index (χ0) is 22.6. The first-order valence-electron chi connectivity index (χ1n) is 9.70. The molecule has 0 atom stereocenters. The van der Waals surface area contributed by atoms with E-state index >= 15 is 0 Å². The molecule has 0 aliphatic carbocycles. The molecule has 0 radical (unpaired) electrons. The molecule has 0 aliphatic rings. The number of nitrogens with one attached hydrogen (secondary N) is 2. The summed E-state index contributed by atoms with van der Waals surface area (Å²) in [7, 11) is -2.44. The third-order valence-corrected chi connectivity index (χ3v) is 6.14. The SMILES string of the molecule is COc1cc(NS(=O)(=O)c2ccc(NC(=O)Cc3cccc4ccccc34)cc2)ncn1. The Morgan fingerprint density at radius 1 is 0.969 bits per heavy atom. The van der Waals surface area contributed by atoms with Crippen LogP contribution in [0.1, 0.15) is 5.56 Å². The Bertz CT molecular complexity index is 1370. The number of benzene rings is 3.